The minimum absolute atomic E-state index is 0.333. The number of ether oxygens (including phenoxy) is 2. The van der Waals surface area contributed by atoms with Crippen molar-refractivity contribution in [3.63, 3.8) is 0 Å². The summed E-state index contributed by atoms with van der Waals surface area (Å²) in [4.78, 5) is 6.76. The molecule has 0 aliphatic carbocycles. The van der Waals surface area contributed by atoms with E-state index >= 15 is 0 Å². The molecule has 0 aromatic heterocycles. The molecule has 6 heteroatoms. The van der Waals surface area contributed by atoms with Crippen molar-refractivity contribution >= 4 is 5.96 Å². The Morgan fingerprint density at radius 3 is 2.42 bits per heavy atom. The third-order valence-corrected chi connectivity index (χ3v) is 4.29. The first-order valence-electron chi connectivity index (χ1n) is 9.67. The van der Waals surface area contributed by atoms with Crippen molar-refractivity contribution in [3.8, 4) is 5.75 Å². The zero-order valence-electron chi connectivity index (χ0n) is 16.4. The highest BCUT2D eigenvalue weighted by Crippen LogP contribution is 2.10. The topological polar surface area (TPSA) is 58.1 Å². The van der Waals surface area contributed by atoms with Crippen LogP contribution < -0.4 is 15.4 Å². The number of morpholine rings is 1. The molecule has 146 valence electrons. The second-order valence-corrected chi connectivity index (χ2v) is 6.81. The summed E-state index contributed by atoms with van der Waals surface area (Å²) in [5.41, 5.74) is 0. The average molecular weight is 363 g/mol. The van der Waals surface area contributed by atoms with Gasteiger partial charge in [-0.1, -0.05) is 18.2 Å². The monoisotopic (exact) mass is 362 g/mol. The molecule has 1 aromatic rings. The Balaban J connectivity index is 1.51. The lowest BCUT2D eigenvalue weighted by atomic mass is 10.2. The number of aliphatic imine (C=N–C) groups is 1. The summed E-state index contributed by atoms with van der Waals surface area (Å²) in [5, 5.41) is 6.71. The SMILES string of the molecule is CN=C(NCCCOc1ccccc1)NCCCN1CC(C)OC(C)C1. The van der Waals surface area contributed by atoms with E-state index in [1.807, 2.05) is 30.3 Å². The standard InChI is InChI=1S/C20H34N4O2/c1-17-15-24(16-18(2)26-17)13-7-11-22-20(21-3)23-12-8-14-25-19-9-5-4-6-10-19/h4-6,9-10,17-18H,7-8,11-16H2,1-3H3,(H2,21,22,23). The third kappa shape index (κ3) is 8.06. The molecule has 2 N–H and O–H groups in total. The Bertz CT molecular complexity index is 514. The summed E-state index contributed by atoms with van der Waals surface area (Å²) in [5.74, 6) is 1.77. The van der Waals surface area contributed by atoms with E-state index in [0.717, 1.165) is 57.3 Å². The molecule has 2 rings (SSSR count). The van der Waals surface area contributed by atoms with Crippen molar-refractivity contribution in [1.82, 2.24) is 15.5 Å². The lowest BCUT2D eigenvalue weighted by Crippen LogP contribution is -2.46. The molecule has 0 radical (unpaired) electrons. The van der Waals surface area contributed by atoms with Gasteiger partial charge in [0.25, 0.3) is 0 Å². The van der Waals surface area contributed by atoms with Gasteiger partial charge in [0.2, 0.25) is 0 Å². The van der Waals surface area contributed by atoms with Crippen LogP contribution in [0, 0.1) is 0 Å². The molecular formula is C20H34N4O2. The Morgan fingerprint density at radius 2 is 1.77 bits per heavy atom. The van der Waals surface area contributed by atoms with Gasteiger partial charge in [-0.2, -0.15) is 0 Å². The zero-order chi connectivity index (χ0) is 18.6. The van der Waals surface area contributed by atoms with Gasteiger partial charge in [-0.25, -0.2) is 0 Å². The van der Waals surface area contributed by atoms with Crippen LogP contribution in [-0.4, -0.2) is 69.4 Å². The molecule has 1 fully saturated rings. The molecule has 0 spiro atoms. The number of hydrogen-bond acceptors (Lipinski definition) is 4. The lowest BCUT2D eigenvalue weighted by Gasteiger charge is -2.35. The quantitative estimate of drug-likeness (QED) is 0.400. The number of nitrogens with zero attached hydrogens (tertiary/aromatic N) is 2. The Labute approximate surface area is 158 Å². The van der Waals surface area contributed by atoms with E-state index in [9.17, 15) is 0 Å². The summed E-state index contributed by atoms with van der Waals surface area (Å²) in [6, 6.07) is 9.91. The van der Waals surface area contributed by atoms with E-state index in [2.05, 4.69) is 34.4 Å². The first kappa shape index (κ1) is 20.5. The van der Waals surface area contributed by atoms with Crippen molar-refractivity contribution in [2.24, 2.45) is 4.99 Å². The van der Waals surface area contributed by atoms with E-state index in [1.54, 1.807) is 7.05 Å². The first-order valence-corrected chi connectivity index (χ1v) is 9.67. The van der Waals surface area contributed by atoms with Gasteiger partial charge in [0.1, 0.15) is 5.75 Å². The molecule has 26 heavy (non-hydrogen) atoms. The van der Waals surface area contributed by atoms with Crippen LogP contribution in [0.5, 0.6) is 5.75 Å². The smallest absolute Gasteiger partial charge is 0.190 e. The summed E-state index contributed by atoms with van der Waals surface area (Å²) in [7, 11) is 1.81. The van der Waals surface area contributed by atoms with Gasteiger partial charge < -0.3 is 20.1 Å². The van der Waals surface area contributed by atoms with Crippen molar-refractivity contribution < 1.29 is 9.47 Å². The molecule has 0 bridgehead atoms. The average Bonchev–Trinajstić information content (AvgIpc) is 2.63. The predicted molar refractivity (Wildman–Crippen MR) is 107 cm³/mol. The van der Waals surface area contributed by atoms with E-state index < -0.39 is 0 Å². The number of benzene rings is 1. The molecule has 0 saturated carbocycles. The number of rotatable bonds is 9. The third-order valence-electron chi connectivity index (χ3n) is 4.29. The predicted octanol–water partition coefficient (Wildman–Crippen LogP) is 2.12. The van der Waals surface area contributed by atoms with E-state index in [0.29, 0.717) is 18.8 Å². The van der Waals surface area contributed by atoms with Crippen LogP contribution in [-0.2, 0) is 4.74 Å². The highest BCUT2D eigenvalue weighted by atomic mass is 16.5. The van der Waals surface area contributed by atoms with Crippen LogP contribution >= 0.6 is 0 Å². The fourth-order valence-corrected chi connectivity index (χ4v) is 3.18. The van der Waals surface area contributed by atoms with Crippen LogP contribution in [0.1, 0.15) is 26.7 Å². The first-order chi connectivity index (χ1) is 12.7. The highest BCUT2D eigenvalue weighted by Gasteiger charge is 2.21. The van der Waals surface area contributed by atoms with Crippen molar-refractivity contribution in [1.29, 1.82) is 0 Å². The minimum atomic E-state index is 0.333. The molecule has 0 amide bonds. The molecule has 2 unspecified atom stereocenters. The molecule has 1 aromatic carbocycles. The molecule has 1 heterocycles. The molecule has 1 saturated heterocycles. The fraction of sp³-hybridized carbons (Fsp3) is 0.650. The maximum absolute atomic E-state index is 5.77. The van der Waals surface area contributed by atoms with Crippen LogP contribution in [0.15, 0.2) is 35.3 Å². The maximum atomic E-state index is 5.77. The van der Waals surface area contributed by atoms with Crippen LogP contribution in [0.2, 0.25) is 0 Å². The Hall–Kier alpha value is -1.79. The molecule has 6 nitrogen and oxygen atoms in total. The second-order valence-electron chi connectivity index (χ2n) is 6.81. The van der Waals surface area contributed by atoms with Crippen molar-refractivity contribution in [2.45, 2.75) is 38.9 Å². The van der Waals surface area contributed by atoms with Gasteiger partial charge >= 0.3 is 0 Å². The Morgan fingerprint density at radius 1 is 1.12 bits per heavy atom. The van der Waals surface area contributed by atoms with Gasteiger partial charge in [-0.05, 0) is 38.8 Å². The van der Waals surface area contributed by atoms with Crippen LogP contribution in [0.4, 0.5) is 0 Å². The van der Waals surface area contributed by atoms with E-state index in [1.165, 1.54) is 0 Å². The van der Waals surface area contributed by atoms with E-state index in [4.69, 9.17) is 9.47 Å². The normalized spacial score (nSPS) is 21.4. The number of hydrogen-bond donors (Lipinski definition) is 2. The van der Waals surface area contributed by atoms with Gasteiger partial charge in [0.15, 0.2) is 5.96 Å². The second kappa shape index (κ2) is 11.8. The molecular weight excluding hydrogens is 328 g/mol. The molecule has 1 aliphatic heterocycles. The largest absolute Gasteiger partial charge is 0.494 e. The number of nitrogens with one attached hydrogen (secondary N) is 2. The zero-order valence-corrected chi connectivity index (χ0v) is 16.4. The van der Waals surface area contributed by atoms with Crippen LogP contribution in [0.25, 0.3) is 0 Å². The molecule has 2 atom stereocenters. The van der Waals surface area contributed by atoms with Crippen molar-refractivity contribution in [2.75, 3.05) is 46.4 Å². The van der Waals surface area contributed by atoms with Gasteiger partial charge in [-0.15, -0.1) is 0 Å². The van der Waals surface area contributed by atoms with Crippen LogP contribution in [0.3, 0.4) is 0 Å². The van der Waals surface area contributed by atoms with Crippen molar-refractivity contribution in [3.05, 3.63) is 30.3 Å². The van der Waals surface area contributed by atoms with E-state index in [-0.39, 0.29) is 0 Å². The minimum Gasteiger partial charge on any atom is -0.494 e. The fourth-order valence-electron chi connectivity index (χ4n) is 3.18. The highest BCUT2D eigenvalue weighted by molar-refractivity contribution is 5.79. The molecule has 1 aliphatic rings. The lowest BCUT2D eigenvalue weighted by molar-refractivity contribution is -0.0679. The van der Waals surface area contributed by atoms with Gasteiger partial charge in [-0.3, -0.25) is 9.89 Å². The summed E-state index contributed by atoms with van der Waals surface area (Å²) in [6.07, 6.45) is 2.69. The summed E-state index contributed by atoms with van der Waals surface area (Å²) >= 11 is 0. The Kier molecular flexibility index (Phi) is 9.28. The number of para-hydroxylation sites is 1. The van der Waals surface area contributed by atoms with Gasteiger partial charge in [0, 0.05) is 39.8 Å². The van der Waals surface area contributed by atoms with Gasteiger partial charge in [0.05, 0.1) is 18.8 Å². The summed E-state index contributed by atoms with van der Waals surface area (Å²) in [6.45, 7) is 9.89. The maximum Gasteiger partial charge on any atom is 0.190 e. The summed E-state index contributed by atoms with van der Waals surface area (Å²) < 4.78 is 11.5. The number of guanidine groups is 1.